The third kappa shape index (κ3) is 3.41. The molecule has 0 unspecified atom stereocenters. The van der Waals surface area contributed by atoms with Gasteiger partial charge in [-0.3, -0.25) is 5.10 Å². The van der Waals surface area contributed by atoms with Crippen molar-refractivity contribution < 1.29 is 9.47 Å². The highest BCUT2D eigenvalue weighted by molar-refractivity contribution is 5.92. The second kappa shape index (κ2) is 8.59. The van der Waals surface area contributed by atoms with Gasteiger partial charge >= 0.3 is 0 Å². The zero-order valence-electron chi connectivity index (χ0n) is 17.6. The molecule has 0 fully saturated rings. The molecule has 0 amide bonds. The summed E-state index contributed by atoms with van der Waals surface area (Å²) < 4.78 is 8.31. The topological polar surface area (TPSA) is 81.8 Å². The number of H-pyrrole nitrogens is 1. The summed E-state index contributed by atoms with van der Waals surface area (Å²) in [4.78, 5) is 0. The molecule has 2 N–H and O–H groups in total. The highest BCUT2D eigenvalue weighted by Gasteiger charge is 2.22. The summed E-state index contributed by atoms with van der Waals surface area (Å²) in [6, 6.07) is 16.1. The van der Waals surface area contributed by atoms with Crippen LogP contribution < -0.4 is 10.0 Å². The van der Waals surface area contributed by atoms with Crippen molar-refractivity contribution in [2.24, 2.45) is 0 Å². The Morgan fingerprint density at radius 1 is 1.13 bits per heavy atom. The maximum Gasteiger partial charge on any atom is 0.260 e. The lowest BCUT2D eigenvalue weighted by atomic mass is 10.00. The van der Waals surface area contributed by atoms with Gasteiger partial charge in [-0.05, 0) is 30.7 Å². The van der Waals surface area contributed by atoms with E-state index in [1.807, 2.05) is 49.4 Å². The number of aryl methyl sites for hydroxylation is 1. The minimum Gasteiger partial charge on any atom is -0.710 e. The molecular weight excluding hydrogens is 378 g/mol. The number of anilines is 1. The Balaban J connectivity index is 1.88. The molecule has 0 radical (unpaired) electrons. The highest BCUT2D eigenvalue weighted by Crippen LogP contribution is 2.37. The number of fused-ring (bicyclic) bond motifs is 1. The number of methoxy groups -OCH3 is 1. The average Bonchev–Trinajstić information content (AvgIpc) is 3.32. The van der Waals surface area contributed by atoms with Gasteiger partial charge in [0.1, 0.15) is 0 Å². The van der Waals surface area contributed by atoms with Gasteiger partial charge in [-0.25, -0.2) is 9.30 Å². The van der Waals surface area contributed by atoms with Gasteiger partial charge in [0, 0.05) is 25.6 Å². The van der Waals surface area contributed by atoms with E-state index in [-0.39, 0.29) is 0 Å². The number of nitrogens with one attached hydrogen (secondary N) is 2. The van der Waals surface area contributed by atoms with E-state index in [9.17, 15) is 5.21 Å². The van der Waals surface area contributed by atoms with Gasteiger partial charge in [0.05, 0.1) is 24.4 Å². The first-order chi connectivity index (χ1) is 14.7. The maximum absolute atomic E-state index is 13.0. The summed E-state index contributed by atoms with van der Waals surface area (Å²) >= 11 is 0. The van der Waals surface area contributed by atoms with Crippen LogP contribution in [0.4, 0.5) is 5.82 Å². The summed E-state index contributed by atoms with van der Waals surface area (Å²) in [6.45, 7) is 6.05. The zero-order valence-corrected chi connectivity index (χ0v) is 17.6. The van der Waals surface area contributed by atoms with Crippen molar-refractivity contribution in [2.75, 3.05) is 25.6 Å². The number of hydrogen-bond donors (Lipinski definition) is 2. The fraction of sp³-hybridized carbons (Fsp3) is 0.304. The molecule has 0 aliphatic heterocycles. The van der Waals surface area contributed by atoms with Crippen molar-refractivity contribution in [3.8, 4) is 22.4 Å². The Labute approximate surface area is 175 Å². The summed E-state index contributed by atoms with van der Waals surface area (Å²) in [5, 5.41) is 24.0. The molecule has 7 nitrogen and oxygen atoms in total. The number of benzene rings is 2. The summed E-state index contributed by atoms with van der Waals surface area (Å²) in [5.74, 6) is 1.52. The van der Waals surface area contributed by atoms with Gasteiger partial charge in [-0.2, -0.15) is 5.10 Å². The zero-order chi connectivity index (χ0) is 21.1. The van der Waals surface area contributed by atoms with Gasteiger partial charge in [0.25, 0.3) is 5.82 Å². The molecule has 30 heavy (non-hydrogen) atoms. The van der Waals surface area contributed by atoms with Crippen molar-refractivity contribution in [3.63, 3.8) is 0 Å². The van der Waals surface area contributed by atoms with Crippen LogP contribution in [0, 0.1) is 5.21 Å². The van der Waals surface area contributed by atoms with Crippen molar-refractivity contribution in [3.05, 3.63) is 59.6 Å². The molecule has 156 valence electrons. The van der Waals surface area contributed by atoms with Crippen LogP contribution in [0.3, 0.4) is 0 Å². The van der Waals surface area contributed by atoms with Crippen LogP contribution in [-0.4, -0.2) is 35.0 Å². The lowest BCUT2D eigenvalue weighted by Crippen LogP contribution is -2.30. The second-order valence-electron chi connectivity index (χ2n) is 7.12. The third-order valence-electron chi connectivity index (χ3n) is 5.38. The number of aromatic amines is 1. The van der Waals surface area contributed by atoms with Crippen molar-refractivity contribution in [1.82, 2.24) is 14.8 Å². The lowest BCUT2D eigenvalue weighted by Gasteiger charge is -2.09. The van der Waals surface area contributed by atoms with Crippen molar-refractivity contribution in [2.45, 2.75) is 26.8 Å². The quantitative estimate of drug-likeness (QED) is 0.264. The molecule has 0 aliphatic carbocycles. The summed E-state index contributed by atoms with van der Waals surface area (Å²) in [5.41, 5.74) is 5.46. The third-order valence-corrected chi connectivity index (χ3v) is 5.38. The van der Waals surface area contributed by atoms with E-state index in [1.165, 1.54) is 0 Å². The molecule has 0 saturated carbocycles. The first-order valence-electron chi connectivity index (χ1n) is 10.3. The minimum atomic E-state index is 0.575. The number of ether oxygens (including phenoxy) is 1. The van der Waals surface area contributed by atoms with Crippen molar-refractivity contribution in [1.29, 1.82) is 0 Å². The smallest absolute Gasteiger partial charge is 0.260 e. The molecule has 0 atom stereocenters. The molecule has 0 spiro atoms. The van der Waals surface area contributed by atoms with Gasteiger partial charge < -0.3 is 15.3 Å². The molecule has 0 aliphatic rings. The van der Waals surface area contributed by atoms with E-state index < -0.39 is 0 Å². The normalized spacial score (nSPS) is 11.3. The molecule has 2 aromatic carbocycles. The average molecular weight is 406 g/mol. The number of nitrogens with zero attached hydrogens (tertiary/aromatic N) is 3. The predicted molar refractivity (Wildman–Crippen MR) is 119 cm³/mol. The first kappa shape index (κ1) is 20.0. The van der Waals surface area contributed by atoms with E-state index >= 15 is 0 Å². The SMILES string of the molecule is CCc1n(CC)c2ccc(-c3c(NCCOC)n[nH]c3-c3ccccc3)cc2[n+]1[O-]. The fourth-order valence-corrected chi connectivity index (χ4v) is 3.98. The van der Waals surface area contributed by atoms with Crippen LogP contribution in [0.25, 0.3) is 33.4 Å². The van der Waals surface area contributed by atoms with Gasteiger partial charge in [0.15, 0.2) is 16.9 Å². The first-order valence-corrected chi connectivity index (χ1v) is 10.3. The van der Waals surface area contributed by atoms with E-state index in [1.54, 1.807) is 7.11 Å². The van der Waals surface area contributed by atoms with Crippen LogP contribution in [-0.2, 0) is 17.7 Å². The molecule has 7 heteroatoms. The number of hydrogen-bond acceptors (Lipinski definition) is 4. The van der Waals surface area contributed by atoms with Crippen LogP contribution in [0.2, 0.25) is 0 Å². The minimum absolute atomic E-state index is 0.575. The number of rotatable bonds is 8. The largest absolute Gasteiger partial charge is 0.710 e. The summed E-state index contributed by atoms with van der Waals surface area (Å²) in [7, 11) is 1.67. The van der Waals surface area contributed by atoms with E-state index in [0.29, 0.717) is 25.1 Å². The van der Waals surface area contributed by atoms with Gasteiger partial charge in [-0.15, -0.1) is 0 Å². The highest BCUT2D eigenvalue weighted by atomic mass is 16.5. The Morgan fingerprint density at radius 2 is 1.93 bits per heavy atom. The molecule has 0 saturated heterocycles. The maximum atomic E-state index is 13.0. The van der Waals surface area contributed by atoms with Gasteiger partial charge in [-0.1, -0.05) is 37.3 Å². The van der Waals surface area contributed by atoms with E-state index in [2.05, 4.69) is 33.1 Å². The van der Waals surface area contributed by atoms with Crippen LogP contribution in [0.15, 0.2) is 48.5 Å². The monoisotopic (exact) mass is 405 g/mol. The Morgan fingerprint density at radius 3 is 2.63 bits per heavy atom. The molecule has 4 rings (SSSR count). The Hall–Kier alpha value is -3.32. The molecule has 0 bridgehead atoms. The van der Waals surface area contributed by atoms with E-state index in [0.717, 1.165) is 50.8 Å². The molecule has 2 aromatic heterocycles. The van der Waals surface area contributed by atoms with E-state index in [4.69, 9.17) is 4.74 Å². The fourth-order valence-electron chi connectivity index (χ4n) is 3.98. The predicted octanol–water partition coefficient (Wildman–Crippen LogP) is 3.97. The molecular formula is C23H27N5O2. The lowest BCUT2D eigenvalue weighted by molar-refractivity contribution is -0.587. The molecule has 4 aromatic rings. The van der Waals surface area contributed by atoms with Crippen LogP contribution in [0.5, 0.6) is 0 Å². The standard InChI is InChI=1S/C23H27N5O2/c1-4-20-27(5-2)18-12-11-17(15-19(18)28(20)29)21-22(16-9-7-6-8-10-16)25-26-23(21)24-13-14-30-3/h6-12,15H,4-5,13-14H2,1-3H3,(H2,24,25,26). The Bertz CT molecular complexity index is 1150. The van der Waals surface area contributed by atoms with Crippen LogP contribution in [0.1, 0.15) is 19.7 Å². The Kier molecular flexibility index (Phi) is 5.72. The van der Waals surface area contributed by atoms with Gasteiger partial charge in [0.2, 0.25) is 0 Å². The van der Waals surface area contributed by atoms with Crippen LogP contribution >= 0.6 is 0 Å². The number of imidazole rings is 1. The van der Waals surface area contributed by atoms with Crippen molar-refractivity contribution >= 4 is 16.9 Å². The second-order valence-corrected chi connectivity index (χ2v) is 7.12. The number of aromatic nitrogens is 4. The molecule has 2 heterocycles. The summed E-state index contributed by atoms with van der Waals surface area (Å²) in [6.07, 6.45) is 0.687.